The van der Waals surface area contributed by atoms with Crippen LogP contribution in [0.1, 0.15) is 24.8 Å². The van der Waals surface area contributed by atoms with Crippen molar-refractivity contribution >= 4 is 18.3 Å². The maximum Gasteiger partial charge on any atom is 0.233 e. The molecule has 4 heteroatoms. The van der Waals surface area contributed by atoms with E-state index in [-0.39, 0.29) is 29.8 Å². The smallest absolute Gasteiger partial charge is 0.233 e. The Balaban J connectivity index is 0.00000120. The second-order valence-electron chi connectivity index (χ2n) is 5.25. The lowest BCUT2D eigenvalue weighted by Gasteiger charge is -2.23. The quantitative estimate of drug-likeness (QED) is 0.886. The van der Waals surface area contributed by atoms with E-state index in [2.05, 4.69) is 12.1 Å². The summed E-state index contributed by atoms with van der Waals surface area (Å²) in [5.41, 5.74) is 6.83. The van der Waals surface area contributed by atoms with Gasteiger partial charge in [0.15, 0.2) is 0 Å². The molecule has 1 atom stereocenters. The van der Waals surface area contributed by atoms with Crippen LogP contribution in [0.3, 0.4) is 0 Å². The van der Waals surface area contributed by atoms with Crippen LogP contribution in [0.4, 0.5) is 0 Å². The first-order valence-electron chi connectivity index (χ1n) is 6.33. The van der Waals surface area contributed by atoms with Crippen molar-refractivity contribution in [3.63, 3.8) is 0 Å². The van der Waals surface area contributed by atoms with Crippen molar-refractivity contribution in [2.24, 2.45) is 5.73 Å². The molecule has 3 rings (SSSR count). The molecule has 0 aromatic heterocycles. The van der Waals surface area contributed by atoms with Gasteiger partial charge in [0.05, 0.1) is 5.41 Å². The van der Waals surface area contributed by atoms with Gasteiger partial charge in [-0.2, -0.15) is 0 Å². The predicted molar refractivity (Wildman–Crippen MR) is 73.8 cm³/mol. The first-order chi connectivity index (χ1) is 8.22. The largest absolute Gasteiger partial charge is 0.340 e. The standard InChI is InChI=1S/C14H18N2O.ClH/c15-12-6-9-16(10-12)13(17)14(7-8-14)11-4-2-1-3-5-11;/h1-5,12H,6-10,15H2;1H. The summed E-state index contributed by atoms with van der Waals surface area (Å²) in [7, 11) is 0. The molecule has 2 aliphatic rings. The summed E-state index contributed by atoms with van der Waals surface area (Å²) in [6, 6.07) is 10.3. The monoisotopic (exact) mass is 266 g/mol. The van der Waals surface area contributed by atoms with Crippen LogP contribution in [0.25, 0.3) is 0 Å². The number of hydrogen-bond donors (Lipinski definition) is 1. The van der Waals surface area contributed by atoms with Crippen LogP contribution in [-0.4, -0.2) is 29.9 Å². The molecule has 3 nitrogen and oxygen atoms in total. The lowest BCUT2D eigenvalue weighted by molar-refractivity contribution is -0.132. The molecule has 1 saturated heterocycles. The highest BCUT2D eigenvalue weighted by Crippen LogP contribution is 2.49. The molecular weight excluding hydrogens is 248 g/mol. The Morgan fingerprint density at radius 2 is 1.94 bits per heavy atom. The molecule has 1 aliphatic heterocycles. The minimum absolute atomic E-state index is 0. The van der Waals surface area contributed by atoms with E-state index in [9.17, 15) is 4.79 Å². The number of carbonyl (C=O) groups is 1. The highest BCUT2D eigenvalue weighted by atomic mass is 35.5. The predicted octanol–water partition coefficient (Wildman–Crippen LogP) is 1.70. The molecule has 2 N–H and O–H groups in total. The second kappa shape index (κ2) is 4.90. The first-order valence-corrected chi connectivity index (χ1v) is 6.33. The van der Waals surface area contributed by atoms with Crippen LogP contribution in [-0.2, 0) is 10.2 Å². The van der Waals surface area contributed by atoms with Crippen LogP contribution in [0.2, 0.25) is 0 Å². The Morgan fingerprint density at radius 3 is 2.44 bits per heavy atom. The van der Waals surface area contributed by atoms with Gasteiger partial charge in [0.1, 0.15) is 0 Å². The Labute approximate surface area is 114 Å². The lowest BCUT2D eigenvalue weighted by Crippen LogP contribution is -2.39. The van der Waals surface area contributed by atoms with Gasteiger partial charge < -0.3 is 10.6 Å². The molecular formula is C14H19ClN2O. The maximum atomic E-state index is 12.5. The summed E-state index contributed by atoms with van der Waals surface area (Å²) in [5.74, 6) is 0.289. The van der Waals surface area contributed by atoms with Gasteiger partial charge in [-0.15, -0.1) is 12.4 Å². The molecule has 98 valence electrons. The summed E-state index contributed by atoms with van der Waals surface area (Å²) in [6.45, 7) is 1.56. The average molecular weight is 267 g/mol. The number of halogens is 1. The molecule has 18 heavy (non-hydrogen) atoms. The maximum absolute atomic E-state index is 12.5. The van der Waals surface area contributed by atoms with E-state index < -0.39 is 0 Å². The Kier molecular flexibility index (Phi) is 3.64. The van der Waals surface area contributed by atoms with Crippen LogP contribution >= 0.6 is 12.4 Å². The molecule has 1 aliphatic carbocycles. The summed E-state index contributed by atoms with van der Waals surface area (Å²) in [4.78, 5) is 14.5. The number of hydrogen-bond acceptors (Lipinski definition) is 2. The summed E-state index contributed by atoms with van der Waals surface area (Å²) < 4.78 is 0. The van der Waals surface area contributed by atoms with E-state index in [0.29, 0.717) is 0 Å². The summed E-state index contributed by atoms with van der Waals surface area (Å²) >= 11 is 0. The molecule has 1 aromatic carbocycles. The van der Waals surface area contributed by atoms with E-state index >= 15 is 0 Å². The SMILES string of the molecule is Cl.NC1CCN(C(=O)C2(c3ccccc3)CC2)C1. The zero-order valence-electron chi connectivity index (χ0n) is 10.3. The van der Waals surface area contributed by atoms with Gasteiger partial charge in [-0.1, -0.05) is 30.3 Å². The van der Waals surface area contributed by atoms with Gasteiger partial charge in [0, 0.05) is 19.1 Å². The normalized spacial score (nSPS) is 24.5. The van der Waals surface area contributed by atoms with Gasteiger partial charge in [-0.05, 0) is 24.8 Å². The second-order valence-corrected chi connectivity index (χ2v) is 5.25. The number of likely N-dealkylation sites (tertiary alicyclic amines) is 1. The Bertz CT molecular complexity index is 431. The van der Waals surface area contributed by atoms with E-state index in [0.717, 1.165) is 32.4 Å². The van der Waals surface area contributed by atoms with Crippen molar-refractivity contribution in [1.82, 2.24) is 4.90 Å². The van der Waals surface area contributed by atoms with Gasteiger partial charge in [0.2, 0.25) is 5.91 Å². The minimum Gasteiger partial charge on any atom is -0.340 e. The minimum atomic E-state index is -0.217. The fourth-order valence-corrected chi connectivity index (χ4v) is 2.78. The average Bonchev–Trinajstić information content (AvgIpc) is 3.07. The molecule has 2 fully saturated rings. The first kappa shape index (κ1) is 13.4. The van der Waals surface area contributed by atoms with Gasteiger partial charge in [-0.25, -0.2) is 0 Å². The molecule has 1 unspecified atom stereocenters. The van der Waals surface area contributed by atoms with Gasteiger partial charge in [0.25, 0.3) is 0 Å². The van der Waals surface area contributed by atoms with Crippen LogP contribution in [0.15, 0.2) is 30.3 Å². The number of nitrogens with two attached hydrogens (primary N) is 1. The lowest BCUT2D eigenvalue weighted by atomic mass is 9.94. The molecule has 1 saturated carbocycles. The summed E-state index contributed by atoms with van der Waals surface area (Å²) in [6.07, 6.45) is 2.92. The van der Waals surface area contributed by atoms with Gasteiger partial charge >= 0.3 is 0 Å². The molecule has 1 aromatic rings. The van der Waals surface area contributed by atoms with Crippen molar-refractivity contribution in [3.05, 3.63) is 35.9 Å². The topological polar surface area (TPSA) is 46.3 Å². The van der Waals surface area contributed by atoms with Crippen LogP contribution in [0.5, 0.6) is 0 Å². The van der Waals surface area contributed by atoms with Crippen LogP contribution < -0.4 is 5.73 Å². The van der Waals surface area contributed by atoms with E-state index in [1.807, 2.05) is 23.1 Å². The number of amides is 1. The zero-order chi connectivity index (χ0) is 11.9. The molecule has 1 amide bonds. The van der Waals surface area contributed by atoms with Crippen molar-refractivity contribution in [2.45, 2.75) is 30.7 Å². The van der Waals surface area contributed by atoms with E-state index in [1.54, 1.807) is 0 Å². The highest BCUT2D eigenvalue weighted by Gasteiger charge is 2.53. The van der Waals surface area contributed by atoms with E-state index in [1.165, 1.54) is 5.56 Å². The zero-order valence-corrected chi connectivity index (χ0v) is 11.2. The van der Waals surface area contributed by atoms with Crippen molar-refractivity contribution in [1.29, 1.82) is 0 Å². The molecule has 0 radical (unpaired) electrons. The Morgan fingerprint density at radius 1 is 1.28 bits per heavy atom. The fraction of sp³-hybridized carbons (Fsp3) is 0.500. The van der Waals surface area contributed by atoms with Crippen molar-refractivity contribution < 1.29 is 4.79 Å². The van der Waals surface area contributed by atoms with Gasteiger partial charge in [-0.3, -0.25) is 4.79 Å². The number of benzene rings is 1. The third-order valence-corrected chi connectivity index (χ3v) is 4.00. The Hall–Kier alpha value is -1.06. The third-order valence-electron chi connectivity index (χ3n) is 4.00. The third kappa shape index (κ3) is 2.13. The van der Waals surface area contributed by atoms with Crippen molar-refractivity contribution in [3.8, 4) is 0 Å². The van der Waals surface area contributed by atoms with E-state index in [4.69, 9.17) is 5.73 Å². The number of carbonyl (C=O) groups excluding carboxylic acids is 1. The number of nitrogens with zero attached hydrogens (tertiary/aromatic N) is 1. The van der Waals surface area contributed by atoms with Crippen molar-refractivity contribution in [2.75, 3.05) is 13.1 Å². The molecule has 0 bridgehead atoms. The molecule has 1 heterocycles. The molecule has 0 spiro atoms. The van der Waals surface area contributed by atoms with Crippen LogP contribution in [0, 0.1) is 0 Å². The fourth-order valence-electron chi connectivity index (χ4n) is 2.78. The highest BCUT2D eigenvalue weighted by molar-refractivity contribution is 5.91. The number of rotatable bonds is 2. The summed E-state index contributed by atoms with van der Waals surface area (Å²) in [5, 5.41) is 0.